The molecule has 0 radical (unpaired) electrons. The zero-order chi connectivity index (χ0) is 13.7. The third kappa shape index (κ3) is 3.10. The van der Waals surface area contributed by atoms with Gasteiger partial charge in [0.05, 0.1) is 6.04 Å². The van der Waals surface area contributed by atoms with E-state index in [-0.39, 0.29) is 11.9 Å². The van der Waals surface area contributed by atoms with E-state index in [9.17, 15) is 9.59 Å². The summed E-state index contributed by atoms with van der Waals surface area (Å²) >= 11 is 0. The number of nitrogens with zero attached hydrogens (tertiary/aromatic N) is 2. The fraction of sp³-hybridized carbons (Fsp3) is 0.500. The largest absolute Gasteiger partial charge is 0.362 e. The third-order valence-electron chi connectivity index (χ3n) is 3.35. The van der Waals surface area contributed by atoms with E-state index in [2.05, 4.69) is 15.2 Å². The highest BCUT2D eigenvalue weighted by atomic mass is 16.1. The first-order valence-electron chi connectivity index (χ1n) is 6.72. The summed E-state index contributed by atoms with van der Waals surface area (Å²) in [6, 6.07) is 3.52. The summed E-state index contributed by atoms with van der Waals surface area (Å²) < 4.78 is 0. The van der Waals surface area contributed by atoms with Gasteiger partial charge in [-0.1, -0.05) is 0 Å². The van der Waals surface area contributed by atoms with Crippen LogP contribution in [0.4, 0.5) is 5.69 Å². The Balaban J connectivity index is 2.21. The van der Waals surface area contributed by atoms with Gasteiger partial charge >= 0.3 is 0 Å². The molecule has 1 atom stereocenters. The van der Waals surface area contributed by atoms with Gasteiger partial charge in [0.15, 0.2) is 0 Å². The van der Waals surface area contributed by atoms with E-state index < -0.39 is 0 Å². The molecule has 1 fully saturated rings. The number of hydrogen-bond acceptors (Lipinski definition) is 4. The summed E-state index contributed by atoms with van der Waals surface area (Å²) in [5.41, 5.74) is 1.29. The number of piperidine rings is 1. The Morgan fingerprint density at radius 2 is 2.42 bits per heavy atom. The SMILES string of the molecule is CCNC(=O)c1cc(N2CCCCC2C=O)ccn1. The van der Waals surface area contributed by atoms with E-state index in [0.29, 0.717) is 12.2 Å². The number of nitrogens with one attached hydrogen (secondary N) is 1. The monoisotopic (exact) mass is 261 g/mol. The lowest BCUT2D eigenvalue weighted by molar-refractivity contribution is -0.109. The van der Waals surface area contributed by atoms with Crippen molar-refractivity contribution in [2.75, 3.05) is 18.0 Å². The minimum Gasteiger partial charge on any atom is -0.362 e. The second-order valence-electron chi connectivity index (χ2n) is 4.65. The zero-order valence-corrected chi connectivity index (χ0v) is 11.1. The van der Waals surface area contributed by atoms with Gasteiger partial charge in [-0.25, -0.2) is 0 Å². The predicted molar refractivity (Wildman–Crippen MR) is 73.3 cm³/mol. The molecule has 0 aromatic carbocycles. The molecule has 102 valence electrons. The molecule has 19 heavy (non-hydrogen) atoms. The van der Waals surface area contributed by atoms with E-state index in [1.54, 1.807) is 12.3 Å². The molecule has 0 bridgehead atoms. The molecule has 1 aliphatic rings. The molecule has 0 saturated carbocycles. The molecule has 0 aliphatic carbocycles. The van der Waals surface area contributed by atoms with Gasteiger partial charge in [-0.2, -0.15) is 0 Å². The minimum absolute atomic E-state index is 0.0850. The highest BCUT2D eigenvalue weighted by Gasteiger charge is 2.22. The van der Waals surface area contributed by atoms with Gasteiger partial charge in [0.1, 0.15) is 12.0 Å². The van der Waals surface area contributed by atoms with Crippen LogP contribution >= 0.6 is 0 Å². The Morgan fingerprint density at radius 3 is 3.16 bits per heavy atom. The van der Waals surface area contributed by atoms with Crippen molar-refractivity contribution in [3.05, 3.63) is 24.0 Å². The van der Waals surface area contributed by atoms with Crippen molar-refractivity contribution in [2.45, 2.75) is 32.2 Å². The summed E-state index contributed by atoms with van der Waals surface area (Å²) in [7, 11) is 0. The van der Waals surface area contributed by atoms with Crippen molar-refractivity contribution < 1.29 is 9.59 Å². The van der Waals surface area contributed by atoms with Crippen molar-refractivity contribution in [2.24, 2.45) is 0 Å². The van der Waals surface area contributed by atoms with E-state index in [4.69, 9.17) is 0 Å². The van der Waals surface area contributed by atoms with Gasteiger partial charge < -0.3 is 15.0 Å². The molecule has 5 heteroatoms. The zero-order valence-electron chi connectivity index (χ0n) is 11.1. The Labute approximate surface area is 113 Å². The van der Waals surface area contributed by atoms with Crippen LogP contribution in [0.15, 0.2) is 18.3 Å². The van der Waals surface area contributed by atoms with Crippen molar-refractivity contribution in [1.82, 2.24) is 10.3 Å². The number of aromatic nitrogens is 1. The quantitative estimate of drug-likeness (QED) is 0.832. The van der Waals surface area contributed by atoms with Crippen LogP contribution in [0, 0.1) is 0 Å². The molecule has 1 aromatic rings. The van der Waals surface area contributed by atoms with Crippen LogP contribution in [0.5, 0.6) is 0 Å². The van der Waals surface area contributed by atoms with Gasteiger partial charge in [-0.05, 0) is 38.3 Å². The van der Waals surface area contributed by atoms with Gasteiger partial charge in [0.2, 0.25) is 0 Å². The number of aldehydes is 1. The number of carbonyl (C=O) groups excluding carboxylic acids is 2. The lowest BCUT2D eigenvalue weighted by Crippen LogP contribution is -2.40. The smallest absolute Gasteiger partial charge is 0.269 e. The number of carbonyl (C=O) groups is 2. The minimum atomic E-state index is -0.177. The maximum atomic E-state index is 11.8. The maximum Gasteiger partial charge on any atom is 0.269 e. The summed E-state index contributed by atoms with van der Waals surface area (Å²) in [5.74, 6) is -0.177. The predicted octanol–water partition coefficient (Wildman–Crippen LogP) is 1.39. The van der Waals surface area contributed by atoms with E-state index in [1.165, 1.54) is 0 Å². The van der Waals surface area contributed by atoms with Gasteiger partial charge in [-0.15, -0.1) is 0 Å². The Hall–Kier alpha value is -1.91. The Morgan fingerprint density at radius 1 is 1.58 bits per heavy atom. The maximum absolute atomic E-state index is 11.8. The molecule has 2 rings (SSSR count). The first-order chi connectivity index (χ1) is 9.26. The molecule has 0 spiro atoms. The molecule has 1 unspecified atom stereocenters. The molecule has 1 aliphatic heterocycles. The second kappa shape index (κ2) is 6.31. The molecule has 5 nitrogen and oxygen atoms in total. The van der Waals surface area contributed by atoms with Crippen LogP contribution in [-0.2, 0) is 4.79 Å². The summed E-state index contributed by atoms with van der Waals surface area (Å²) in [5, 5.41) is 2.73. The molecular formula is C14H19N3O2. The fourth-order valence-electron chi connectivity index (χ4n) is 2.39. The number of hydrogen-bond donors (Lipinski definition) is 1. The van der Waals surface area contributed by atoms with Crippen LogP contribution in [0.3, 0.4) is 0 Å². The van der Waals surface area contributed by atoms with E-state index in [0.717, 1.165) is 37.8 Å². The van der Waals surface area contributed by atoms with Crippen LogP contribution in [-0.4, -0.2) is 36.3 Å². The normalized spacial score (nSPS) is 19.0. The average Bonchev–Trinajstić information content (AvgIpc) is 2.47. The average molecular weight is 261 g/mol. The highest BCUT2D eigenvalue weighted by molar-refractivity contribution is 5.93. The number of pyridine rings is 1. The molecule has 1 amide bonds. The first kappa shape index (κ1) is 13.5. The van der Waals surface area contributed by atoms with Crippen molar-refractivity contribution >= 4 is 17.9 Å². The molecule has 1 N–H and O–H groups in total. The molecule has 2 heterocycles. The Kier molecular flexibility index (Phi) is 4.49. The number of rotatable bonds is 4. The van der Waals surface area contributed by atoms with Gasteiger partial charge in [-0.3, -0.25) is 9.78 Å². The fourth-order valence-corrected chi connectivity index (χ4v) is 2.39. The van der Waals surface area contributed by atoms with Crippen molar-refractivity contribution in [1.29, 1.82) is 0 Å². The first-order valence-corrected chi connectivity index (χ1v) is 6.72. The lowest BCUT2D eigenvalue weighted by Gasteiger charge is -2.34. The molecule has 1 aromatic heterocycles. The summed E-state index contributed by atoms with van der Waals surface area (Å²) in [6.07, 6.45) is 5.64. The van der Waals surface area contributed by atoms with Gasteiger partial charge in [0, 0.05) is 25.0 Å². The Bertz CT molecular complexity index is 462. The van der Waals surface area contributed by atoms with Crippen LogP contribution in [0.25, 0.3) is 0 Å². The second-order valence-corrected chi connectivity index (χ2v) is 4.65. The van der Waals surface area contributed by atoms with Gasteiger partial charge in [0.25, 0.3) is 5.91 Å². The molecular weight excluding hydrogens is 242 g/mol. The van der Waals surface area contributed by atoms with Crippen molar-refractivity contribution in [3.63, 3.8) is 0 Å². The summed E-state index contributed by atoms with van der Waals surface area (Å²) in [4.78, 5) is 29.0. The van der Waals surface area contributed by atoms with Crippen LogP contribution in [0.1, 0.15) is 36.7 Å². The standard InChI is InChI=1S/C14H19N3O2/c1-2-15-14(19)13-9-11(6-7-16-13)17-8-4-3-5-12(17)10-18/h6-7,9-10,12H,2-5,8H2,1H3,(H,15,19). The topological polar surface area (TPSA) is 62.3 Å². The van der Waals surface area contributed by atoms with E-state index in [1.807, 2.05) is 13.0 Å². The third-order valence-corrected chi connectivity index (χ3v) is 3.35. The van der Waals surface area contributed by atoms with Crippen LogP contribution in [0.2, 0.25) is 0 Å². The van der Waals surface area contributed by atoms with Crippen LogP contribution < -0.4 is 10.2 Å². The number of anilines is 1. The van der Waals surface area contributed by atoms with E-state index >= 15 is 0 Å². The highest BCUT2D eigenvalue weighted by Crippen LogP contribution is 2.23. The van der Waals surface area contributed by atoms with Crippen molar-refractivity contribution in [3.8, 4) is 0 Å². The number of amides is 1. The lowest BCUT2D eigenvalue weighted by atomic mass is 10.0. The molecule has 1 saturated heterocycles. The summed E-state index contributed by atoms with van der Waals surface area (Å²) in [6.45, 7) is 3.29.